The molecule has 2 rings (SSSR count). The van der Waals surface area contributed by atoms with Crippen molar-refractivity contribution in [3.05, 3.63) is 26.3 Å². The number of hydrogen-bond donors (Lipinski definition) is 1. The fourth-order valence-electron chi connectivity index (χ4n) is 1.75. The van der Waals surface area contributed by atoms with Crippen LogP contribution < -0.4 is 10.1 Å². The summed E-state index contributed by atoms with van der Waals surface area (Å²) in [5.74, 6) is -0.0346. The van der Waals surface area contributed by atoms with Gasteiger partial charge in [-0.2, -0.15) is 0 Å². The molecule has 11 heteroatoms. The van der Waals surface area contributed by atoms with Crippen LogP contribution in [-0.2, 0) is 6.54 Å². The van der Waals surface area contributed by atoms with Gasteiger partial charge in [0.25, 0.3) is 0 Å². The number of nitrogens with one attached hydrogen (secondary N) is 1. The van der Waals surface area contributed by atoms with Crippen molar-refractivity contribution >= 4 is 29.3 Å². The number of halogens is 2. The fraction of sp³-hybridized carbons (Fsp3) is 0.500. The molecular formula is C10H11Cl2N7O2. The number of azide groups is 1. The molecular weight excluding hydrogens is 321 g/mol. The lowest BCUT2D eigenvalue weighted by Crippen LogP contribution is -2.47. The Morgan fingerprint density at radius 2 is 2.05 bits per heavy atom. The molecule has 0 aliphatic carbocycles. The van der Waals surface area contributed by atoms with Crippen LogP contribution in [0.1, 0.15) is 5.56 Å². The molecule has 0 spiro atoms. The van der Waals surface area contributed by atoms with Gasteiger partial charge in [-0.3, -0.25) is 0 Å². The van der Waals surface area contributed by atoms with Crippen LogP contribution >= 0.6 is 23.2 Å². The standard InChI is InChI=1S/C10H11Cl2N7O2/c11-8-6(5-15-18-13)7(9(12)17-16-8)21-10(20)19-3-1-14-2-4-19/h14H,1-5H2. The number of aromatic nitrogens is 2. The first-order chi connectivity index (χ1) is 10.1. The maximum Gasteiger partial charge on any atom is 0.415 e. The third kappa shape index (κ3) is 3.85. The lowest BCUT2D eigenvalue weighted by Gasteiger charge is -2.26. The molecule has 9 nitrogen and oxygen atoms in total. The van der Waals surface area contributed by atoms with Crippen LogP contribution in [0.15, 0.2) is 5.11 Å². The minimum Gasteiger partial charge on any atom is -0.406 e. The minimum absolute atomic E-state index is 0.0325. The molecule has 0 saturated carbocycles. The highest BCUT2D eigenvalue weighted by molar-refractivity contribution is 6.33. The summed E-state index contributed by atoms with van der Waals surface area (Å²) in [7, 11) is 0. The molecule has 1 saturated heterocycles. The van der Waals surface area contributed by atoms with Gasteiger partial charge in [-0.05, 0) is 5.53 Å². The van der Waals surface area contributed by atoms with Gasteiger partial charge in [-0.25, -0.2) is 4.79 Å². The molecule has 0 unspecified atom stereocenters. The molecule has 1 aliphatic rings. The number of carbonyl (C=O) groups excluding carboxylic acids is 1. The molecule has 0 atom stereocenters. The summed E-state index contributed by atoms with van der Waals surface area (Å²) >= 11 is 11.8. The van der Waals surface area contributed by atoms with E-state index < -0.39 is 6.09 Å². The molecule has 1 aliphatic heterocycles. The number of carbonyl (C=O) groups is 1. The zero-order valence-corrected chi connectivity index (χ0v) is 12.3. The van der Waals surface area contributed by atoms with Gasteiger partial charge in [-0.15, -0.1) is 10.2 Å². The highest BCUT2D eigenvalue weighted by Gasteiger charge is 2.23. The van der Waals surface area contributed by atoms with Crippen LogP contribution in [0.2, 0.25) is 10.3 Å². The number of nitrogens with zero attached hydrogens (tertiary/aromatic N) is 6. The molecule has 0 aromatic carbocycles. The predicted octanol–water partition coefficient (Wildman–Crippen LogP) is 2.00. The molecule has 112 valence electrons. The van der Waals surface area contributed by atoms with E-state index in [9.17, 15) is 4.79 Å². The Morgan fingerprint density at radius 3 is 2.71 bits per heavy atom. The Labute approximate surface area is 129 Å². The first-order valence-electron chi connectivity index (χ1n) is 6.02. The highest BCUT2D eigenvalue weighted by atomic mass is 35.5. The van der Waals surface area contributed by atoms with Crippen molar-refractivity contribution in [2.24, 2.45) is 5.11 Å². The number of rotatable bonds is 3. The van der Waals surface area contributed by atoms with Crippen LogP contribution in [0.4, 0.5) is 4.79 Å². The van der Waals surface area contributed by atoms with Crippen LogP contribution in [0, 0.1) is 0 Å². The van der Waals surface area contributed by atoms with E-state index in [1.165, 1.54) is 4.90 Å². The minimum atomic E-state index is -0.565. The monoisotopic (exact) mass is 331 g/mol. The third-order valence-electron chi connectivity index (χ3n) is 2.79. The smallest absolute Gasteiger partial charge is 0.406 e. The molecule has 1 N–H and O–H groups in total. The van der Waals surface area contributed by atoms with Crippen molar-refractivity contribution in [1.82, 2.24) is 20.4 Å². The summed E-state index contributed by atoms with van der Waals surface area (Å²) in [6.07, 6.45) is -0.565. The van der Waals surface area contributed by atoms with Gasteiger partial charge in [0, 0.05) is 36.7 Å². The van der Waals surface area contributed by atoms with Gasteiger partial charge < -0.3 is 15.0 Å². The zero-order valence-electron chi connectivity index (χ0n) is 10.8. The van der Waals surface area contributed by atoms with E-state index in [0.29, 0.717) is 26.2 Å². The van der Waals surface area contributed by atoms with E-state index >= 15 is 0 Å². The van der Waals surface area contributed by atoms with E-state index in [1.54, 1.807) is 0 Å². The second-order valence-electron chi connectivity index (χ2n) is 4.08. The quantitative estimate of drug-likeness (QED) is 0.516. The van der Waals surface area contributed by atoms with Gasteiger partial charge in [-0.1, -0.05) is 28.3 Å². The van der Waals surface area contributed by atoms with Crippen molar-refractivity contribution in [3.63, 3.8) is 0 Å². The average molecular weight is 332 g/mol. The summed E-state index contributed by atoms with van der Waals surface area (Å²) in [5.41, 5.74) is 8.61. The number of hydrogen-bond acceptors (Lipinski definition) is 6. The van der Waals surface area contributed by atoms with Crippen LogP contribution in [0.5, 0.6) is 5.75 Å². The molecule has 1 aromatic rings. The Morgan fingerprint density at radius 1 is 1.38 bits per heavy atom. The van der Waals surface area contributed by atoms with Gasteiger partial charge in [0.15, 0.2) is 16.1 Å². The number of piperazine rings is 1. The molecule has 0 radical (unpaired) electrons. The van der Waals surface area contributed by atoms with E-state index in [-0.39, 0.29) is 28.2 Å². The number of ether oxygens (including phenoxy) is 1. The van der Waals surface area contributed by atoms with Crippen molar-refractivity contribution in [2.45, 2.75) is 6.54 Å². The maximum absolute atomic E-state index is 12.1. The van der Waals surface area contributed by atoms with Gasteiger partial charge in [0.05, 0.1) is 6.54 Å². The van der Waals surface area contributed by atoms with Crippen molar-refractivity contribution in [3.8, 4) is 5.75 Å². The first kappa shape index (κ1) is 15.6. The zero-order chi connectivity index (χ0) is 15.2. The average Bonchev–Trinajstić information content (AvgIpc) is 2.51. The highest BCUT2D eigenvalue weighted by Crippen LogP contribution is 2.31. The van der Waals surface area contributed by atoms with Gasteiger partial charge in [0.2, 0.25) is 0 Å². The van der Waals surface area contributed by atoms with E-state index in [1.807, 2.05) is 0 Å². The van der Waals surface area contributed by atoms with Crippen LogP contribution in [0.25, 0.3) is 10.4 Å². The fourth-order valence-corrected chi connectivity index (χ4v) is 2.13. The summed E-state index contributed by atoms with van der Waals surface area (Å²) in [6, 6.07) is 0. The largest absolute Gasteiger partial charge is 0.415 e. The van der Waals surface area contributed by atoms with Gasteiger partial charge in [0.1, 0.15) is 0 Å². The van der Waals surface area contributed by atoms with E-state index in [0.717, 1.165) is 0 Å². The molecule has 1 aromatic heterocycles. The first-order valence-corrected chi connectivity index (χ1v) is 6.78. The molecule has 1 fully saturated rings. The SMILES string of the molecule is [N-]=[N+]=NCc1c(Cl)nnc(Cl)c1OC(=O)N1CCNCC1. The van der Waals surface area contributed by atoms with Crippen molar-refractivity contribution in [1.29, 1.82) is 0 Å². The maximum atomic E-state index is 12.1. The van der Waals surface area contributed by atoms with Crippen molar-refractivity contribution in [2.75, 3.05) is 26.2 Å². The molecule has 0 bridgehead atoms. The Kier molecular flexibility index (Phi) is 5.40. The summed E-state index contributed by atoms with van der Waals surface area (Å²) in [6.45, 7) is 2.27. The Bertz CT molecular complexity index is 585. The molecule has 2 heterocycles. The van der Waals surface area contributed by atoms with E-state index in [4.69, 9.17) is 33.5 Å². The summed E-state index contributed by atoms with van der Waals surface area (Å²) in [4.78, 5) is 16.2. The van der Waals surface area contributed by atoms with Crippen LogP contribution in [-0.4, -0.2) is 47.4 Å². The third-order valence-corrected chi connectivity index (χ3v) is 3.34. The summed E-state index contributed by atoms with van der Waals surface area (Å²) in [5, 5.41) is 13.5. The second-order valence-corrected chi connectivity index (χ2v) is 4.80. The number of amides is 1. The molecule has 1 amide bonds. The lowest BCUT2D eigenvalue weighted by molar-refractivity contribution is 0.145. The predicted molar refractivity (Wildman–Crippen MR) is 75.4 cm³/mol. The second kappa shape index (κ2) is 7.28. The Hall–Kier alpha value is -1.80. The van der Waals surface area contributed by atoms with Gasteiger partial charge >= 0.3 is 6.09 Å². The topological polar surface area (TPSA) is 116 Å². The normalized spacial score (nSPS) is 14.5. The summed E-state index contributed by atoms with van der Waals surface area (Å²) < 4.78 is 5.25. The lowest BCUT2D eigenvalue weighted by atomic mass is 10.3. The Balaban J connectivity index is 2.23. The van der Waals surface area contributed by atoms with Crippen LogP contribution in [0.3, 0.4) is 0 Å². The van der Waals surface area contributed by atoms with Crippen molar-refractivity contribution < 1.29 is 9.53 Å². The molecule has 21 heavy (non-hydrogen) atoms. The van der Waals surface area contributed by atoms with E-state index in [2.05, 4.69) is 25.5 Å².